The third kappa shape index (κ3) is 2.45. The molecule has 4 heteroatoms. The molecule has 2 N–H and O–H groups in total. The average molecular weight is 274 g/mol. The fraction of sp³-hybridized carbons (Fsp3) is 0.562. The average Bonchev–Trinajstić information content (AvgIpc) is 2.43. The third-order valence-corrected chi connectivity index (χ3v) is 4.31. The fourth-order valence-corrected chi connectivity index (χ4v) is 3.23. The van der Waals surface area contributed by atoms with Gasteiger partial charge in [-0.05, 0) is 42.6 Å². The first kappa shape index (κ1) is 13.6. The minimum absolute atomic E-state index is 0.0409. The molecule has 1 amide bonds. The van der Waals surface area contributed by atoms with Crippen LogP contribution >= 0.6 is 0 Å². The van der Waals surface area contributed by atoms with Gasteiger partial charge in [-0.3, -0.25) is 4.79 Å². The zero-order valence-electron chi connectivity index (χ0n) is 12.0. The maximum atomic E-state index is 12.4. The monoisotopic (exact) mass is 274 g/mol. The van der Waals surface area contributed by atoms with Crippen LogP contribution in [0.5, 0.6) is 0 Å². The van der Waals surface area contributed by atoms with Crippen LogP contribution in [0.4, 0.5) is 0 Å². The highest BCUT2D eigenvalue weighted by Crippen LogP contribution is 2.28. The zero-order valence-corrected chi connectivity index (χ0v) is 12.0. The molecule has 0 unspecified atom stereocenters. The number of amides is 1. The highest BCUT2D eigenvalue weighted by molar-refractivity contribution is 5.95. The van der Waals surface area contributed by atoms with Gasteiger partial charge in [-0.2, -0.15) is 0 Å². The second kappa shape index (κ2) is 5.19. The molecule has 1 aromatic rings. The van der Waals surface area contributed by atoms with Crippen molar-refractivity contribution in [2.75, 3.05) is 19.6 Å². The Morgan fingerprint density at radius 3 is 2.95 bits per heavy atom. The van der Waals surface area contributed by atoms with Crippen LogP contribution in [-0.4, -0.2) is 41.1 Å². The van der Waals surface area contributed by atoms with Crippen molar-refractivity contribution in [1.29, 1.82) is 0 Å². The lowest BCUT2D eigenvalue weighted by molar-refractivity contribution is -0.0860. The molecule has 0 bridgehead atoms. The van der Waals surface area contributed by atoms with Gasteiger partial charge in [0.05, 0.1) is 18.7 Å². The number of hydrogen-bond acceptors (Lipinski definition) is 3. The van der Waals surface area contributed by atoms with Gasteiger partial charge in [0.2, 0.25) is 0 Å². The number of benzene rings is 1. The summed E-state index contributed by atoms with van der Waals surface area (Å²) in [4.78, 5) is 14.1. The van der Waals surface area contributed by atoms with Gasteiger partial charge >= 0.3 is 0 Å². The number of likely N-dealkylation sites (tertiary alicyclic amines) is 1. The molecule has 2 aliphatic rings. The van der Waals surface area contributed by atoms with Gasteiger partial charge in [0.15, 0.2) is 0 Å². The summed E-state index contributed by atoms with van der Waals surface area (Å²) in [5.41, 5.74) is 2.66. The highest BCUT2D eigenvalue weighted by atomic mass is 16.3. The largest absolute Gasteiger partial charge is 0.386 e. The van der Waals surface area contributed by atoms with E-state index in [9.17, 15) is 9.90 Å². The van der Waals surface area contributed by atoms with Crippen LogP contribution < -0.4 is 5.32 Å². The zero-order chi connectivity index (χ0) is 14.2. The van der Waals surface area contributed by atoms with Crippen LogP contribution in [0, 0.1) is 0 Å². The Balaban J connectivity index is 1.70. The second-order valence-electron chi connectivity index (χ2n) is 6.05. The van der Waals surface area contributed by atoms with Crippen molar-refractivity contribution in [1.82, 2.24) is 10.2 Å². The van der Waals surface area contributed by atoms with Crippen molar-refractivity contribution in [2.45, 2.75) is 38.3 Å². The maximum absolute atomic E-state index is 12.4. The molecule has 20 heavy (non-hydrogen) atoms. The van der Waals surface area contributed by atoms with Gasteiger partial charge in [-0.1, -0.05) is 19.4 Å². The first-order valence-corrected chi connectivity index (χ1v) is 7.45. The molecule has 0 aliphatic carbocycles. The number of aliphatic hydroxyl groups is 1. The van der Waals surface area contributed by atoms with Gasteiger partial charge in [0.1, 0.15) is 0 Å². The van der Waals surface area contributed by atoms with E-state index in [1.807, 2.05) is 12.1 Å². The Morgan fingerprint density at radius 1 is 1.40 bits per heavy atom. The summed E-state index contributed by atoms with van der Waals surface area (Å²) in [6.45, 7) is 4.84. The Kier molecular flexibility index (Phi) is 3.52. The van der Waals surface area contributed by atoms with Crippen LogP contribution in [0.25, 0.3) is 0 Å². The molecule has 2 heterocycles. The van der Waals surface area contributed by atoms with Crippen molar-refractivity contribution < 1.29 is 9.90 Å². The Bertz CT molecular complexity index is 521. The van der Waals surface area contributed by atoms with Crippen molar-refractivity contribution >= 4 is 5.91 Å². The van der Waals surface area contributed by atoms with Gasteiger partial charge in [0, 0.05) is 12.1 Å². The highest BCUT2D eigenvalue weighted by Gasteiger charge is 2.42. The molecule has 3 rings (SSSR count). The summed E-state index contributed by atoms with van der Waals surface area (Å²) in [7, 11) is 0. The van der Waals surface area contributed by atoms with Gasteiger partial charge < -0.3 is 15.3 Å². The molecule has 0 atom stereocenters. The quantitative estimate of drug-likeness (QED) is 0.874. The van der Waals surface area contributed by atoms with Crippen molar-refractivity contribution in [3.05, 3.63) is 34.9 Å². The van der Waals surface area contributed by atoms with E-state index in [0.717, 1.165) is 37.9 Å². The second-order valence-corrected chi connectivity index (χ2v) is 6.05. The van der Waals surface area contributed by atoms with E-state index in [1.165, 1.54) is 11.1 Å². The van der Waals surface area contributed by atoms with Crippen molar-refractivity contribution in [3.8, 4) is 0 Å². The van der Waals surface area contributed by atoms with Crippen molar-refractivity contribution in [2.24, 2.45) is 0 Å². The molecule has 0 radical (unpaired) electrons. The molecule has 0 aromatic heterocycles. The topological polar surface area (TPSA) is 52.6 Å². The van der Waals surface area contributed by atoms with Crippen LogP contribution in [0.1, 0.15) is 41.3 Å². The van der Waals surface area contributed by atoms with E-state index >= 15 is 0 Å². The van der Waals surface area contributed by atoms with Crippen LogP contribution in [0.2, 0.25) is 0 Å². The van der Waals surface area contributed by atoms with Crippen LogP contribution in [-0.2, 0) is 13.0 Å². The fourth-order valence-electron chi connectivity index (χ4n) is 3.23. The van der Waals surface area contributed by atoms with Gasteiger partial charge in [-0.25, -0.2) is 0 Å². The number of hydrogen-bond donors (Lipinski definition) is 2. The minimum Gasteiger partial charge on any atom is -0.386 e. The summed E-state index contributed by atoms with van der Waals surface area (Å²) in [5, 5.41) is 13.5. The molecular formula is C16H22N2O2. The maximum Gasteiger partial charge on any atom is 0.254 e. The summed E-state index contributed by atoms with van der Waals surface area (Å²) >= 11 is 0. The third-order valence-electron chi connectivity index (χ3n) is 4.31. The lowest BCUT2D eigenvalue weighted by atomic mass is 9.88. The molecular weight excluding hydrogens is 252 g/mol. The van der Waals surface area contributed by atoms with Crippen LogP contribution in [0.3, 0.4) is 0 Å². The van der Waals surface area contributed by atoms with E-state index in [1.54, 1.807) is 4.90 Å². The normalized spacial score (nSPS) is 20.2. The summed E-state index contributed by atoms with van der Waals surface area (Å²) in [5.74, 6) is 0.0409. The Morgan fingerprint density at radius 2 is 2.20 bits per heavy atom. The lowest BCUT2D eigenvalue weighted by Crippen LogP contribution is -2.63. The standard InChI is InChI=1S/C16H22N2O2/c1-2-6-16(20)10-18(11-16)15(19)13-4-3-12-5-7-17-9-14(12)8-13/h3-4,8,17,20H,2,5-7,9-11H2,1H3. The van der Waals surface area contributed by atoms with Crippen LogP contribution in [0.15, 0.2) is 18.2 Å². The first-order chi connectivity index (χ1) is 9.61. The molecule has 0 saturated carbocycles. The number of nitrogens with zero attached hydrogens (tertiary/aromatic N) is 1. The van der Waals surface area contributed by atoms with E-state index in [4.69, 9.17) is 0 Å². The van der Waals surface area contributed by atoms with Gasteiger partial charge in [0.25, 0.3) is 5.91 Å². The van der Waals surface area contributed by atoms with E-state index < -0.39 is 5.60 Å². The summed E-state index contributed by atoms with van der Waals surface area (Å²) in [6, 6.07) is 5.99. The van der Waals surface area contributed by atoms with Crippen molar-refractivity contribution in [3.63, 3.8) is 0 Å². The number of carbonyl (C=O) groups is 1. The predicted octanol–water partition coefficient (Wildman–Crippen LogP) is 1.32. The Hall–Kier alpha value is -1.39. The number of carbonyl (C=O) groups excluding carboxylic acids is 1. The molecule has 4 nitrogen and oxygen atoms in total. The molecule has 2 aliphatic heterocycles. The minimum atomic E-state index is -0.653. The van der Waals surface area contributed by atoms with Gasteiger partial charge in [-0.15, -0.1) is 0 Å². The SMILES string of the molecule is CCCC1(O)CN(C(=O)c2ccc3c(c2)CNCC3)C1. The smallest absolute Gasteiger partial charge is 0.254 e. The van der Waals surface area contributed by atoms with E-state index in [-0.39, 0.29) is 5.91 Å². The number of rotatable bonds is 3. The molecule has 1 fully saturated rings. The molecule has 0 spiro atoms. The first-order valence-electron chi connectivity index (χ1n) is 7.45. The summed E-state index contributed by atoms with van der Waals surface area (Å²) < 4.78 is 0. The van der Waals surface area contributed by atoms with E-state index in [0.29, 0.717) is 13.1 Å². The molecule has 108 valence electrons. The Labute approximate surface area is 119 Å². The summed E-state index contributed by atoms with van der Waals surface area (Å²) in [6.07, 6.45) is 2.75. The van der Waals surface area contributed by atoms with E-state index in [2.05, 4.69) is 18.3 Å². The predicted molar refractivity (Wildman–Crippen MR) is 77.6 cm³/mol. The number of nitrogens with one attached hydrogen (secondary N) is 1. The molecule has 1 saturated heterocycles. The lowest BCUT2D eigenvalue weighted by Gasteiger charge is -2.46. The molecule has 1 aromatic carbocycles. The number of fused-ring (bicyclic) bond motifs is 1. The number of β-amino-alcohol motifs (C(OH)–C–C–N with tert-alkyl or cyclic N) is 1.